The molecule has 1 atom stereocenters. The third kappa shape index (κ3) is 1.92. The van der Waals surface area contributed by atoms with Gasteiger partial charge in [-0.3, -0.25) is 4.90 Å². The molecule has 80 valence electrons. The second-order valence-electron chi connectivity index (χ2n) is 3.47. The molecule has 2 amide bonds. The minimum atomic E-state index is -0.350. The Morgan fingerprint density at radius 3 is 3.00 bits per heavy atom. The molecule has 0 bridgehead atoms. The van der Waals surface area contributed by atoms with Crippen LogP contribution in [0.4, 0.5) is 14.9 Å². The lowest BCUT2D eigenvalue weighted by Gasteiger charge is -2.14. The Kier molecular flexibility index (Phi) is 2.55. The maximum atomic E-state index is 12.9. The van der Waals surface area contributed by atoms with Gasteiger partial charge in [0, 0.05) is 18.8 Å². The van der Waals surface area contributed by atoms with E-state index in [1.807, 2.05) is 0 Å². The number of urea groups is 1. The van der Waals surface area contributed by atoms with Gasteiger partial charge in [0.1, 0.15) is 5.82 Å². The molecule has 1 aliphatic heterocycles. The fourth-order valence-corrected chi connectivity index (χ4v) is 1.60. The van der Waals surface area contributed by atoms with Crippen molar-refractivity contribution in [1.29, 1.82) is 0 Å². The minimum Gasteiger partial charge on any atom is -0.332 e. The number of nitrogens with zero attached hydrogens (tertiary/aromatic N) is 1. The van der Waals surface area contributed by atoms with Crippen LogP contribution in [0.3, 0.4) is 0 Å². The van der Waals surface area contributed by atoms with Crippen molar-refractivity contribution in [3.8, 4) is 0 Å². The standard InChI is InChI=1S/C10H12FN3O/c11-7-2-1-3-9(4-7)14-6-8(5-12)13-10(14)15/h1-4,8H,5-6,12H2,(H,13,15). The van der Waals surface area contributed by atoms with Gasteiger partial charge in [-0.05, 0) is 18.2 Å². The zero-order valence-corrected chi connectivity index (χ0v) is 8.11. The maximum absolute atomic E-state index is 12.9. The van der Waals surface area contributed by atoms with E-state index in [9.17, 15) is 9.18 Å². The summed E-state index contributed by atoms with van der Waals surface area (Å²) in [6.45, 7) is 0.871. The normalized spacial score (nSPS) is 20.5. The number of amides is 2. The van der Waals surface area contributed by atoms with E-state index in [-0.39, 0.29) is 17.9 Å². The molecule has 1 unspecified atom stereocenters. The van der Waals surface area contributed by atoms with Crippen LogP contribution in [0.25, 0.3) is 0 Å². The van der Waals surface area contributed by atoms with Crippen molar-refractivity contribution in [3.63, 3.8) is 0 Å². The van der Waals surface area contributed by atoms with E-state index in [0.717, 1.165) is 0 Å². The highest BCUT2D eigenvalue weighted by molar-refractivity contribution is 5.94. The number of hydrogen-bond acceptors (Lipinski definition) is 2. The predicted molar refractivity (Wildman–Crippen MR) is 55.1 cm³/mol. The Morgan fingerprint density at radius 2 is 2.40 bits per heavy atom. The molecule has 0 aromatic heterocycles. The SMILES string of the molecule is NCC1CN(c2cccc(F)c2)C(=O)N1. The highest BCUT2D eigenvalue weighted by Crippen LogP contribution is 2.18. The van der Waals surface area contributed by atoms with Crippen molar-refractivity contribution < 1.29 is 9.18 Å². The van der Waals surface area contributed by atoms with Crippen LogP contribution in [-0.2, 0) is 0 Å². The van der Waals surface area contributed by atoms with Gasteiger partial charge in [-0.15, -0.1) is 0 Å². The van der Waals surface area contributed by atoms with Crippen LogP contribution in [0.2, 0.25) is 0 Å². The first-order valence-corrected chi connectivity index (χ1v) is 4.74. The van der Waals surface area contributed by atoms with Gasteiger partial charge < -0.3 is 11.1 Å². The Labute approximate surface area is 86.9 Å². The number of benzene rings is 1. The van der Waals surface area contributed by atoms with Gasteiger partial charge >= 0.3 is 6.03 Å². The van der Waals surface area contributed by atoms with Crippen molar-refractivity contribution in [2.24, 2.45) is 5.73 Å². The van der Waals surface area contributed by atoms with Crippen LogP contribution in [-0.4, -0.2) is 25.2 Å². The van der Waals surface area contributed by atoms with Crippen LogP contribution in [0.15, 0.2) is 24.3 Å². The molecule has 2 rings (SSSR count). The van der Waals surface area contributed by atoms with Crippen molar-refractivity contribution in [2.45, 2.75) is 6.04 Å². The lowest BCUT2D eigenvalue weighted by Crippen LogP contribution is -2.33. The van der Waals surface area contributed by atoms with Gasteiger partial charge in [-0.2, -0.15) is 0 Å². The van der Waals surface area contributed by atoms with Crippen LogP contribution < -0.4 is 16.0 Å². The van der Waals surface area contributed by atoms with Crippen LogP contribution in [0.5, 0.6) is 0 Å². The summed E-state index contributed by atoms with van der Waals surface area (Å²) < 4.78 is 12.9. The average molecular weight is 209 g/mol. The van der Waals surface area contributed by atoms with Crippen molar-refractivity contribution in [3.05, 3.63) is 30.1 Å². The van der Waals surface area contributed by atoms with Gasteiger partial charge in [0.05, 0.1) is 6.04 Å². The highest BCUT2D eigenvalue weighted by Gasteiger charge is 2.28. The molecular weight excluding hydrogens is 197 g/mol. The van der Waals surface area contributed by atoms with Crippen molar-refractivity contribution in [1.82, 2.24) is 5.32 Å². The van der Waals surface area contributed by atoms with E-state index in [4.69, 9.17) is 5.73 Å². The summed E-state index contributed by atoms with van der Waals surface area (Å²) in [5.74, 6) is -0.350. The lowest BCUT2D eigenvalue weighted by molar-refractivity contribution is 0.251. The third-order valence-corrected chi connectivity index (χ3v) is 2.38. The summed E-state index contributed by atoms with van der Waals surface area (Å²) in [4.78, 5) is 13.0. The van der Waals surface area contributed by atoms with Crippen LogP contribution in [0, 0.1) is 5.82 Å². The first-order chi connectivity index (χ1) is 7.20. The fraction of sp³-hybridized carbons (Fsp3) is 0.300. The molecule has 3 N–H and O–H groups in total. The summed E-state index contributed by atoms with van der Waals surface area (Å²) in [5, 5.41) is 2.71. The van der Waals surface area contributed by atoms with Gasteiger partial charge in [0.25, 0.3) is 0 Å². The van der Waals surface area contributed by atoms with Crippen LogP contribution >= 0.6 is 0 Å². The van der Waals surface area contributed by atoms with E-state index in [2.05, 4.69) is 5.32 Å². The minimum absolute atomic E-state index is 0.0548. The summed E-state index contributed by atoms with van der Waals surface area (Å²) in [5.41, 5.74) is 6.01. The third-order valence-electron chi connectivity index (χ3n) is 2.38. The molecule has 4 nitrogen and oxygen atoms in total. The molecule has 0 radical (unpaired) electrons. The average Bonchev–Trinajstić information content (AvgIpc) is 2.60. The molecule has 15 heavy (non-hydrogen) atoms. The molecular formula is C10H12FN3O. The summed E-state index contributed by atoms with van der Waals surface area (Å²) >= 11 is 0. The Hall–Kier alpha value is -1.62. The summed E-state index contributed by atoms with van der Waals surface area (Å²) in [7, 11) is 0. The van der Waals surface area contributed by atoms with Crippen molar-refractivity contribution >= 4 is 11.7 Å². The number of nitrogens with two attached hydrogens (primary N) is 1. The maximum Gasteiger partial charge on any atom is 0.322 e. The largest absolute Gasteiger partial charge is 0.332 e. The molecule has 1 fully saturated rings. The Balaban J connectivity index is 2.21. The second kappa shape index (κ2) is 3.86. The molecule has 0 saturated carbocycles. The second-order valence-corrected chi connectivity index (χ2v) is 3.47. The molecule has 1 aliphatic rings. The van der Waals surface area contributed by atoms with E-state index in [1.54, 1.807) is 12.1 Å². The topological polar surface area (TPSA) is 58.4 Å². The molecule has 1 aromatic rings. The number of hydrogen-bond donors (Lipinski definition) is 2. The molecule has 1 aromatic carbocycles. The van der Waals surface area contributed by atoms with E-state index < -0.39 is 0 Å². The van der Waals surface area contributed by atoms with Gasteiger partial charge in [0.15, 0.2) is 0 Å². The van der Waals surface area contributed by atoms with Gasteiger partial charge in [0.2, 0.25) is 0 Å². The Morgan fingerprint density at radius 1 is 1.60 bits per heavy atom. The lowest BCUT2D eigenvalue weighted by atomic mass is 10.2. The first-order valence-electron chi connectivity index (χ1n) is 4.74. The highest BCUT2D eigenvalue weighted by atomic mass is 19.1. The number of carbonyl (C=O) groups is 1. The number of anilines is 1. The molecule has 1 heterocycles. The van der Waals surface area contributed by atoms with E-state index in [0.29, 0.717) is 18.8 Å². The molecule has 0 spiro atoms. The van der Waals surface area contributed by atoms with Crippen molar-refractivity contribution in [2.75, 3.05) is 18.0 Å². The van der Waals surface area contributed by atoms with E-state index in [1.165, 1.54) is 17.0 Å². The zero-order chi connectivity index (χ0) is 10.8. The first kappa shape index (κ1) is 9.92. The quantitative estimate of drug-likeness (QED) is 0.752. The number of nitrogens with one attached hydrogen (secondary N) is 1. The number of rotatable bonds is 2. The predicted octanol–water partition coefficient (Wildman–Crippen LogP) is 0.683. The summed E-state index contributed by atoms with van der Waals surface area (Å²) in [6, 6.07) is 5.67. The van der Waals surface area contributed by atoms with Gasteiger partial charge in [-0.1, -0.05) is 6.07 Å². The molecule has 5 heteroatoms. The monoisotopic (exact) mass is 209 g/mol. The zero-order valence-electron chi connectivity index (χ0n) is 8.11. The van der Waals surface area contributed by atoms with Gasteiger partial charge in [-0.25, -0.2) is 9.18 Å². The van der Waals surface area contributed by atoms with E-state index >= 15 is 0 Å². The van der Waals surface area contributed by atoms with Crippen LogP contribution in [0.1, 0.15) is 0 Å². The fourth-order valence-electron chi connectivity index (χ4n) is 1.60. The molecule has 0 aliphatic carbocycles. The number of halogens is 1. The summed E-state index contributed by atoms with van der Waals surface area (Å²) in [6.07, 6.45) is 0. The Bertz CT molecular complexity index is 383. The smallest absolute Gasteiger partial charge is 0.322 e. The molecule has 1 saturated heterocycles. The number of carbonyl (C=O) groups excluding carboxylic acids is 1.